The summed E-state index contributed by atoms with van der Waals surface area (Å²) in [6.07, 6.45) is 1.20. The molecule has 9 nitrogen and oxygen atoms in total. The van der Waals surface area contributed by atoms with Gasteiger partial charge in [-0.2, -0.15) is 0 Å². The van der Waals surface area contributed by atoms with Crippen molar-refractivity contribution in [2.24, 2.45) is 0 Å². The number of hydrogen-bond acceptors (Lipinski definition) is 11. The minimum atomic E-state index is -3.17. The molecular weight excluding hydrogens is 714 g/mol. The summed E-state index contributed by atoms with van der Waals surface area (Å²) in [5.74, 6) is 0. The molecule has 0 aliphatic heterocycles. The third-order valence-corrected chi connectivity index (χ3v) is 8.08. The number of aromatic nitrogens is 4. The average molecular weight is 727 g/mol. The van der Waals surface area contributed by atoms with Crippen LogP contribution in [0.1, 0.15) is 1.43 Å². The molecule has 0 bridgehead atoms. The van der Waals surface area contributed by atoms with Gasteiger partial charge in [-0.1, -0.05) is 46.4 Å². The van der Waals surface area contributed by atoms with E-state index in [1.807, 2.05) is 24.3 Å². The maximum absolute atomic E-state index is 11.4. The number of sulfone groups is 1. The van der Waals surface area contributed by atoms with Gasteiger partial charge in [-0.3, -0.25) is 4.79 Å². The molecule has 1 aromatic carbocycles. The predicted molar refractivity (Wildman–Crippen MR) is 142 cm³/mol. The van der Waals surface area contributed by atoms with Gasteiger partial charge in [-0.05, 0) is 68.3 Å². The Morgan fingerprint density at radius 3 is 1.86 bits per heavy atom. The van der Waals surface area contributed by atoms with E-state index in [0.29, 0.717) is 9.36 Å². The third-order valence-electron chi connectivity index (χ3n) is 3.99. The van der Waals surface area contributed by atoms with E-state index < -0.39 is 9.84 Å². The molecule has 4 aromatic heterocycles. The van der Waals surface area contributed by atoms with Crippen LogP contribution in [-0.2, 0) is 19.5 Å². The van der Waals surface area contributed by atoms with Crippen molar-refractivity contribution in [1.29, 1.82) is 0 Å². The molecule has 0 aliphatic carbocycles. The molecule has 0 fully saturated rings. The van der Waals surface area contributed by atoms with Crippen molar-refractivity contribution in [3.8, 4) is 10.6 Å². The van der Waals surface area contributed by atoms with Crippen LogP contribution in [0, 0.1) is 0 Å². The van der Waals surface area contributed by atoms with Crippen LogP contribution in [0.15, 0.2) is 62.6 Å². The van der Waals surface area contributed by atoms with E-state index in [-0.39, 0.29) is 67.0 Å². The summed E-state index contributed by atoms with van der Waals surface area (Å²) in [7, 11) is -3.17. The van der Waals surface area contributed by atoms with Gasteiger partial charge in [0.15, 0.2) is 14.3 Å². The number of carbonyl (C=O) groups is 1. The van der Waals surface area contributed by atoms with E-state index in [4.69, 9.17) is 21.7 Å². The van der Waals surface area contributed by atoms with Gasteiger partial charge < -0.3 is 11.6 Å². The van der Waals surface area contributed by atoms with Gasteiger partial charge in [-0.15, -0.1) is 0 Å². The maximum atomic E-state index is 11.4. The van der Waals surface area contributed by atoms with Gasteiger partial charge in [0.1, 0.15) is 34.9 Å². The Morgan fingerprint density at radius 1 is 0.892 bits per heavy atom. The Labute approximate surface area is 287 Å². The molecule has 184 valence electrons. The molecule has 5 aromatic rings. The summed E-state index contributed by atoms with van der Waals surface area (Å²) in [5.41, 5.74) is 2.57. The fraction of sp³-hybridized carbons (Fsp3) is 0.0500. The van der Waals surface area contributed by atoms with Crippen LogP contribution in [0.3, 0.4) is 0 Å². The van der Waals surface area contributed by atoms with Crippen LogP contribution >= 0.6 is 66.1 Å². The van der Waals surface area contributed by atoms with Crippen LogP contribution in [0.25, 0.3) is 31.3 Å². The number of pyridine rings is 2. The van der Waals surface area contributed by atoms with Crippen LogP contribution < -0.4 is 64.4 Å². The Kier molecular flexibility index (Phi) is 15.4. The zero-order chi connectivity index (χ0) is 25.6. The Morgan fingerprint density at radius 2 is 1.38 bits per heavy atom. The minimum absolute atomic E-state index is 0. The van der Waals surface area contributed by atoms with E-state index in [0.717, 1.165) is 40.5 Å². The van der Waals surface area contributed by atoms with Gasteiger partial charge in [0.05, 0.1) is 4.90 Å². The van der Waals surface area contributed by atoms with E-state index >= 15 is 0 Å². The van der Waals surface area contributed by atoms with Gasteiger partial charge in [-0.25, -0.2) is 28.4 Å². The number of hydrogen-bond donors (Lipinski definition) is 0. The summed E-state index contributed by atoms with van der Waals surface area (Å²) in [6, 6.07) is 14.2. The standard InChI is InChI=1S/C13H9BrN2O2S2.C6H2BrClN2S.CH2O3.2Na.H/c1-20(17,18)9-4-2-8(3-5-9)12-15-10-6-7-11(14)16-13(10)19-12;7-4-2-1-3-5(10-4)11-6(8)9-3;2-1-4-3;;;/h2-7H,1H3;1-2H;1,3H;;;/q;;;2*+1;-1/p-1. The normalized spacial score (nSPS) is 10.2. The number of halogens is 3. The molecule has 0 saturated heterocycles. The maximum Gasteiger partial charge on any atom is 1.00 e. The van der Waals surface area contributed by atoms with Crippen LogP contribution in [0.5, 0.6) is 0 Å². The second kappa shape index (κ2) is 16.3. The molecule has 17 heteroatoms. The smallest absolute Gasteiger partial charge is 1.00 e. The number of thiazole rings is 2. The summed E-state index contributed by atoms with van der Waals surface area (Å²) < 4.78 is 25.0. The molecule has 0 spiro atoms. The molecule has 0 aliphatic rings. The first-order valence-electron chi connectivity index (χ1n) is 9.15. The summed E-state index contributed by atoms with van der Waals surface area (Å²) in [6.45, 7) is -0.181. The molecule has 0 saturated carbocycles. The zero-order valence-electron chi connectivity index (χ0n) is 20.4. The number of nitrogens with zero attached hydrogens (tertiary/aromatic N) is 4. The van der Waals surface area contributed by atoms with Gasteiger partial charge >= 0.3 is 59.1 Å². The van der Waals surface area contributed by atoms with E-state index in [1.165, 1.54) is 28.9 Å². The van der Waals surface area contributed by atoms with Crippen molar-refractivity contribution < 1.29 is 83.9 Å². The zero-order valence-corrected chi connectivity index (χ0v) is 29.8. The van der Waals surface area contributed by atoms with Crippen LogP contribution in [-0.4, -0.2) is 41.1 Å². The number of fused-ring (bicyclic) bond motifs is 2. The fourth-order valence-electron chi connectivity index (χ4n) is 2.53. The topological polar surface area (TPSA) is 135 Å². The molecule has 5 rings (SSSR count). The van der Waals surface area contributed by atoms with Gasteiger partial charge in [0.2, 0.25) is 0 Å². The molecule has 0 atom stereocenters. The van der Waals surface area contributed by atoms with Gasteiger partial charge in [0, 0.05) is 11.8 Å². The molecule has 37 heavy (non-hydrogen) atoms. The summed E-state index contributed by atoms with van der Waals surface area (Å²) in [5, 5.41) is 9.26. The quantitative estimate of drug-likeness (QED) is 0.0770. The van der Waals surface area contributed by atoms with Crippen LogP contribution in [0.4, 0.5) is 0 Å². The van der Waals surface area contributed by atoms with E-state index in [9.17, 15) is 8.42 Å². The Balaban J connectivity index is 0.000000649. The first-order chi connectivity index (χ1) is 16.6. The summed E-state index contributed by atoms with van der Waals surface area (Å²) >= 11 is 15.1. The third kappa shape index (κ3) is 10.4. The minimum Gasteiger partial charge on any atom is -1.00 e. The second-order valence-electron chi connectivity index (χ2n) is 6.39. The molecular formula is C20H13Br2ClN4Na2O5S3. The fourth-order valence-corrected chi connectivity index (χ4v) is 5.93. The number of carbonyl (C=O) groups excluding carboxylic acids is 1. The van der Waals surface area contributed by atoms with Crippen molar-refractivity contribution in [3.05, 3.63) is 62.2 Å². The van der Waals surface area contributed by atoms with E-state index in [1.54, 1.807) is 24.3 Å². The average Bonchev–Trinajstić information content (AvgIpc) is 3.41. The first-order valence-corrected chi connectivity index (χ1v) is 14.6. The van der Waals surface area contributed by atoms with Crippen molar-refractivity contribution in [2.45, 2.75) is 4.90 Å². The first kappa shape index (κ1) is 35.0. The monoisotopic (exact) mass is 724 g/mol. The number of benzene rings is 1. The molecule has 0 amide bonds. The van der Waals surface area contributed by atoms with Gasteiger partial charge in [0.25, 0.3) is 6.47 Å². The molecule has 4 heterocycles. The molecule has 0 radical (unpaired) electrons. The van der Waals surface area contributed by atoms with E-state index in [2.05, 4.69) is 56.7 Å². The van der Waals surface area contributed by atoms with Crippen molar-refractivity contribution >= 4 is 103 Å². The molecule has 0 N–H and O–H groups in total. The number of rotatable bonds is 3. The van der Waals surface area contributed by atoms with Crippen molar-refractivity contribution in [1.82, 2.24) is 19.9 Å². The SMILES string of the molecule is CS(=O)(=O)c1ccc(-c2nc3ccc(Br)nc3s2)cc1.Clc1nc2ccc(Br)nc2s1.O=CO[O-].[H-].[Na+].[Na+]. The predicted octanol–water partition coefficient (Wildman–Crippen LogP) is -0.813. The van der Waals surface area contributed by atoms with Crippen molar-refractivity contribution in [3.63, 3.8) is 0 Å². The van der Waals surface area contributed by atoms with Crippen molar-refractivity contribution in [2.75, 3.05) is 6.26 Å². The Bertz CT molecular complexity index is 1600. The molecule has 0 unspecified atom stereocenters. The largest absolute Gasteiger partial charge is 1.00 e. The van der Waals surface area contributed by atoms with Crippen LogP contribution in [0.2, 0.25) is 4.47 Å². The summed E-state index contributed by atoms with van der Waals surface area (Å²) in [4.78, 5) is 30.4. The second-order valence-corrected chi connectivity index (χ2v) is 12.6. The Hall–Kier alpha value is -0.0700.